The first-order valence-corrected chi connectivity index (χ1v) is 7.07. The van der Waals surface area contributed by atoms with E-state index >= 15 is 0 Å². The lowest BCUT2D eigenvalue weighted by Gasteiger charge is -2.40. The second-order valence-corrected chi connectivity index (χ2v) is 5.49. The topological polar surface area (TPSA) is 60.2 Å². The fraction of sp³-hybridized carbons (Fsp3) is 0.750. The Bertz CT molecular complexity index is 362. The van der Waals surface area contributed by atoms with Crippen LogP contribution in [0.15, 0.2) is 6.07 Å². The third-order valence-electron chi connectivity index (χ3n) is 3.66. The monoisotopic (exact) mass is 255 g/mol. The number of anilines is 2. The van der Waals surface area contributed by atoms with Crippen molar-refractivity contribution in [1.82, 2.24) is 4.37 Å². The zero-order valence-electron chi connectivity index (χ0n) is 10.5. The third kappa shape index (κ3) is 2.90. The molecule has 0 aliphatic carbocycles. The first-order chi connectivity index (χ1) is 8.17. The Morgan fingerprint density at radius 2 is 2.35 bits per heavy atom. The summed E-state index contributed by atoms with van der Waals surface area (Å²) in [5, 5.41) is 4.59. The van der Waals surface area contributed by atoms with E-state index in [2.05, 4.69) is 23.5 Å². The van der Waals surface area contributed by atoms with E-state index in [9.17, 15) is 0 Å². The van der Waals surface area contributed by atoms with Gasteiger partial charge in [0.15, 0.2) is 0 Å². The van der Waals surface area contributed by atoms with Crippen LogP contribution >= 0.6 is 11.5 Å². The largest absolute Gasteiger partial charge is 0.383 e. The molecule has 1 fully saturated rings. The molecule has 0 saturated carbocycles. The van der Waals surface area contributed by atoms with Crippen molar-refractivity contribution in [2.75, 3.05) is 17.7 Å². The Hall–Kier alpha value is -0.810. The molecule has 4 nitrogen and oxygen atoms in total. The maximum Gasteiger partial charge on any atom is 0.139 e. The van der Waals surface area contributed by atoms with Crippen molar-refractivity contribution in [3.8, 4) is 0 Å². The van der Waals surface area contributed by atoms with E-state index in [4.69, 9.17) is 10.5 Å². The second kappa shape index (κ2) is 5.23. The van der Waals surface area contributed by atoms with Gasteiger partial charge in [-0.3, -0.25) is 0 Å². The van der Waals surface area contributed by atoms with Crippen LogP contribution in [0.5, 0.6) is 0 Å². The summed E-state index contributed by atoms with van der Waals surface area (Å²) in [7, 11) is 0. The molecular formula is C12H21N3OS. The van der Waals surface area contributed by atoms with Gasteiger partial charge in [0.25, 0.3) is 0 Å². The number of rotatable bonds is 4. The average molecular weight is 255 g/mol. The Labute approximate surface area is 107 Å². The molecule has 1 aromatic heterocycles. The van der Waals surface area contributed by atoms with Gasteiger partial charge in [0.2, 0.25) is 0 Å². The standard InChI is InChI=1S/C12H21N3OS/c1-3-12(4-2)8-9(5-6-16-12)14-11-7-10(13)15-17-11/h7,9,14H,3-6,8H2,1-2H3,(H2,13,15). The van der Waals surface area contributed by atoms with Crippen LogP contribution in [0, 0.1) is 0 Å². The lowest BCUT2D eigenvalue weighted by molar-refractivity contribution is -0.0864. The lowest BCUT2D eigenvalue weighted by Crippen LogP contribution is -2.43. The minimum atomic E-state index is 0.0617. The van der Waals surface area contributed by atoms with Gasteiger partial charge in [-0.1, -0.05) is 13.8 Å². The highest BCUT2D eigenvalue weighted by atomic mass is 32.1. The Kier molecular flexibility index (Phi) is 3.89. The maximum absolute atomic E-state index is 5.96. The number of hydrogen-bond donors (Lipinski definition) is 2. The highest BCUT2D eigenvalue weighted by molar-refractivity contribution is 7.10. The number of nitrogen functional groups attached to an aromatic ring is 1. The van der Waals surface area contributed by atoms with Crippen LogP contribution < -0.4 is 11.1 Å². The summed E-state index contributed by atoms with van der Waals surface area (Å²) in [6, 6.07) is 2.38. The quantitative estimate of drug-likeness (QED) is 0.868. The number of nitrogens with two attached hydrogens (primary N) is 1. The van der Waals surface area contributed by atoms with Gasteiger partial charge in [0.05, 0.1) is 5.60 Å². The smallest absolute Gasteiger partial charge is 0.139 e. The van der Waals surface area contributed by atoms with Crippen molar-refractivity contribution in [1.29, 1.82) is 0 Å². The minimum absolute atomic E-state index is 0.0617. The lowest BCUT2D eigenvalue weighted by atomic mass is 9.86. The van der Waals surface area contributed by atoms with Crippen LogP contribution in [-0.2, 0) is 4.74 Å². The highest BCUT2D eigenvalue weighted by Gasteiger charge is 2.34. The summed E-state index contributed by atoms with van der Waals surface area (Å²) >= 11 is 1.43. The number of nitrogens with zero attached hydrogens (tertiary/aromatic N) is 1. The molecule has 1 atom stereocenters. The van der Waals surface area contributed by atoms with Gasteiger partial charge in [-0.05, 0) is 37.2 Å². The summed E-state index contributed by atoms with van der Waals surface area (Å²) in [6.07, 6.45) is 4.27. The molecule has 2 heterocycles. The summed E-state index contributed by atoms with van der Waals surface area (Å²) in [5.74, 6) is 0.599. The molecule has 2 rings (SSSR count). The van der Waals surface area contributed by atoms with Crippen molar-refractivity contribution in [3.05, 3.63) is 6.07 Å². The van der Waals surface area contributed by atoms with E-state index in [1.54, 1.807) is 0 Å². The molecule has 0 spiro atoms. The van der Waals surface area contributed by atoms with Crippen LogP contribution in [-0.4, -0.2) is 22.6 Å². The summed E-state index contributed by atoms with van der Waals surface area (Å²) in [6.45, 7) is 5.25. The van der Waals surface area contributed by atoms with E-state index in [1.165, 1.54) is 11.5 Å². The van der Waals surface area contributed by atoms with Crippen molar-refractivity contribution in [2.45, 2.75) is 51.2 Å². The molecular weight excluding hydrogens is 234 g/mol. The van der Waals surface area contributed by atoms with Gasteiger partial charge in [-0.15, -0.1) is 0 Å². The SMILES string of the molecule is CCC1(CC)CC(Nc2cc(N)ns2)CCO1. The summed E-state index contributed by atoms with van der Waals surface area (Å²) in [5.41, 5.74) is 5.69. The van der Waals surface area contributed by atoms with Crippen LogP contribution in [0.25, 0.3) is 0 Å². The predicted octanol–water partition coefficient (Wildman–Crippen LogP) is 2.88. The van der Waals surface area contributed by atoms with Gasteiger partial charge in [-0.2, -0.15) is 4.37 Å². The van der Waals surface area contributed by atoms with Gasteiger partial charge in [-0.25, -0.2) is 0 Å². The van der Waals surface area contributed by atoms with Crippen LogP contribution in [0.3, 0.4) is 0 Å². The van der Waals surface area contributed by atoms with E-state index in [0.717, 1.165) is 37.3 Å². The van der Waals surface area contributed by atoms with Gasteiger partial charge in [0.1, 0.15) is 10.8 Å². The first kappa shape index (κ1) is 12.6. The van der Waals surface area contributed by atoms with Crippen LogP contribution in [0.4, 0.5) is 10.8 Å². The van der Waals surface area contributed by atoms with Crippen molar-refractivity contribution < 1.29 is 4.74 Å². The molecule has 1 saturated heterocycles. The van der Waals surface area contributed by atoms with Gasteiger partial charge < -0.3 is 15.8 Å². The molecule has 3 N–H and O–H groups in total. The predicted molar refractivity (Wildman–Crippen MR) is 72.4 cm³/mol. The third-order valence-corrected chi connectivity index (χ3v) is 4.39. The Balaban J connectivity index is 1.98. The first-order valence-electron chi connectivity index (χ1n) is 6.30. The van der Waals surface area contributed by atoms with Crippen LogP contribution in [0.2, 0.25) is 0 Å². The molecule has 0 aromatic carbocycles. The molecule has 17 heavy (non-hydrogen) atoms. The molecule has 0 radical (unpaired) electrons. The highest BCUT2D eigenvalue weighted by Crippen LogP contribution is 2.33. The summed E-state index contributed by atoms with van der Waals surface area (Å²) < 4.78 is 10.0. The molecule has 1 unspecified atom stereocenters. The van der Waals surface area contributed by atoms with Gasteiger partial charge in [0, 0.05) is 18.7 Å². The van der Waals surface area contributed by atoms with Crippen molar-refractivity contribution >= 4 is 22.4 Å². The fourth-order valence-electron chi connectivity index (χ4n) is 2.45. The maximum atomic E-state index is 5.96. The van der Waals surface area contributed by atoms with E-state index < -0.39 is 0 Å². The Morgan fingerprint density at radius 3 is 2.94 bits per heavy atom. The molecule has 1 aromatic rings. The average Bonchev–Trinajstić information content (AvgIpc) is 2.75. The summed E-state index contributed by atoms with van der Waals surface area (Å²) in [4.78, 5) is 0. The molecule has 96 valence electrons. The zero-order valence-corrected chi connectivity index (χ0v) is 11.3. The van der Waals surface area contributed by atoms with E-state index in [-0.39, 0.29) is 5.60 Å². The molecule has 0 amide bonds. The van der Waals surface area contributed by atoms with Crippen molar-refractivity contribution in [2.24, 2.45) is 0 Å². The zero-order chi connectivity index (χ0) is 12.3. The molecule has 0 bridgehead atoms. The fourth-order valence-corrected chi connectivity index (χ4v) is 3.10. The minimum Gasteiger partial charge on any atom is -0.383 e. The number of hydrogen-bond acceptors (Lipinski definition) is 5. The van der Waals surface area contributed by atoms with Crippen molar-refractivity contribution in [3.63, 3.8) is 0 Å². The van der Waals surface area contributed by atoms with E-state index in [0.29, 0.717) is 11.9 Å². The van der Waals surface area contributed by atoms with Crippen LogP contribution in [0.1, 0.15) is 39.5 Å². The number of aromatic nitrogens is 1. The molecule has 1 aliphatic heterocycles. The van der Waals surface area contributed by atoms with Gasteiger partial charge >= 0.3 is 0 Å². The second-order valence-electron chi connectivity index (χ2n) is 4.69. The van der Waals surface area contributed by atoms with E-state index in [1.807, 2.05) is 6.07 Å². The molecule has 1 aliphatic rings. The molecule has 5 heteroatoms. The normalized spacial score (nSPS) is 23.5. The number of nitrogens with one attached hydrogen (secondary N) is 1. The number of ether oxygens (including phenoxy) is 1. The Morgan fingerprint density at radius 1 is 1.59 bits per heavy atom.